The standard InChI is InChI=1S/C19H17F4N5O/c20-14-4-1-11(2-5-14)12-7-15(24-8-12)18(29)25-9-17-27-26-16-6-3-13(10-28(16)17)19(21,22)23/h1-2,4-5,7-8,13,24H,3,6,9-10H2,(H,25,29). The molecule has 0 saturated heterocycles. The minimum atomic E-state index is -4.27. The first-order valence-corrected chi connectivity index (χ1v) is 9.01. The minimum Gasteiger partial charge on any atom is -0.357 e. The predicted molar refractivity (Wildman–Crippen MR) is 95.2 cm³/mol. The average molecular weight is 407 g/mol. The smallest absolute Gasteiger partial charge is 0.357 e. The number of hydrogen-bond donors (Lipinski definition) is 2. The van der Waals surface area contributed by atoms with Crippen LogP contribution in [0.15, 0.2) is 36.5 Å². The summed E-state index contributed by atoms with van der Waals surface area (Å²) in [4.78, 5) is 15.2. The molecule has 10 heteroatoms. The number of nitrogens with one attached hydrogen (secondary N) is 2. The summed E-state index contributed by atoms with van der Waals surface area (Å²) in [5.74, 6) is -1.45. The highest BCUT2D eigenvalue weighted by atomic mass is 19.4. The molecule has 1 aliphatic heterocycles. The normalized spacial score (nSPS) is 16.5. The molecule has 0 spiro atoms. The van der Waals surface area contributed by atoms with Gasteiger partial charge in [0.05, 0.1) is 12.5 Å². The van der Waals surface area contributed by atoms with Gasteiger partial charge in [-0.15, -0.1) is 10.2 Å². The number of hydrogen-bond acceptors (Lipinski definition) is 3. The van der Waals surface area contributed by atoms with Crippen LogP contribution in [0.25, 0.3) is 11.1 Å². The quantitative estimate of drug-likeness (QED) is 0.651. The Bertz CT molecular complexity index is 1020. The fourth-order valence-electron chi connectivity index (χ4n) is 3.37. The molecule has 29 heavy (non-hydrogen) atoms. The third-order valence-electron chi connectivity index (χ3n) is 5.00. The van der Waals surface area contributed by atoms with Crippen LogP contribution in [0.2, 0.25) is 0 Å². The summed E-state index contributed by atoms with van der Waals surface area (Å²) >= 11 is 0. The number of amides is 1. The van der Waals surface area contributed by atoms with Crippen molar-refractivity contribution in [1.29, 1.82) is 0 Å². The molecule has 1 aromatic carbocycles. The largest absolute Gasteiger partial charge is 0.393 e. The lowest BCUT2D eigenvalue weighted by atomic mass is 9.99. The maximum atomic E-state index is 13.0. The van der Waals surface area contributed by atoms with Gasteiger partial charge in [-0.05, 0) is 35.7 Å². The molecular weight excluding hydrogens is 390 g/mol. The SMILES string of the molecule is O=C(NCc1nnc2n1CC(C(F)(F)F)CC2)c1cc(-c2ccc(F)cc2)c[nH]1. The number of fused-ring (bicyclic) bond motifs is 1. The Morgan fingerprint density at radius 2 is 1.97 bits per heavy atom. The van der Waals surface area contributed by atoms with Crippen molar-refractivity contribution in [3.63, 3.8) is 0 Å². The van der Waals surface area contributed by atoms with Gasteiger partial charge in [0.1, 0.15) is 17.3 Å². The van der Waals surface area contributed by atoms with Gasteiger partial charge in [-0.25, -0.2) is 4.39 Å². The van der Waals surface area contributed by atoms with E-state index in [0.717, 1.165) is 5.56 Å². The van der Waals surface area contributed by atoms with Crippen molar-refractivity contribution in [2.75, 3.05) is 0 Å². The van der Waals surface area contributed by atoms with Crippen LogP contribution in [0, 0.1) is 11.7 Å². The van der Waals surface area contributed by atoms with E-state index in [1.54, 1.807) is 24.4 Å². The van der Waals surface area contributed by atoms with Crippen molar-refractivity contribution in [2.45, 2.75) is 32.1 Å². The zero-order valence-electron chi connectivity index (χ0n) is 15.1. The van der Waals surface area contributed by atoms with E-state index < -0.39 is 18.0 Å². The summed E-state index contributed by atoms with van der Waals surface area (Å²) in [5.41, 5.74) is 1.73. The average Bonchev–Trinajstić information content (AvgIpc) is 3.33. The molecular formula is C19H17F4N5O. The second-order valence-corrected chi connectivity index (χ2v) is 6.91. The van der Waals surface area contributed by atoms with Crippen molar-refractivity contribution >= 4 is 5.91 Å². The lowest BCUT2D eigenvalue weighted by Crippen LogP contribution is -2.34. The van der Waals surface area contributed by atoms with Crippen molar-refractivity contribution in [1.82, 2.24) is 25.1 Å². The van der Waals surface area contributed by atoms with Gasteiger partial charge < -0.3 is 14.9 Å². The highest BCUT2D eigenvalue weighted by molar-refractivity contribution is 5.93. The Morgan fingerprint density at radius 1 is 1.21 bits per heavy atom. The van der Waals surface area contributed by atoms with E-state index in [4.69, 9.17) is 0 Å². The molecule has 0 aliphatic carbocycles. The summed E-state index contributed by atoms with van der Waals surface area (Å²) in [6.45, 7) is -0.282. The summed E-state index contributed by atoms with van der Waals surface area (Å²) in [5, 5.41) is 10.5. The zero-order valence-corrected chi connectivity index (χ0v) is 15.1. The van der Waals surface area contributed by atoms with E-state index in [-0.39, 0.29) is 43.3 Å². The third kappa shape index (κ3) is 4.01. The summed E-state index contributed by atoms with van der Waals surface area (Å²) < 4.78 is 53.5. The highest BCUT2D eigenvalue weighted by Gasteiger charge is 2.42. The fraction of sp³-hybridized carbons (Fsp3) is 0.316. The van der Waals surface area contributed by atoms with Gasteiger partial charge in [-0.3, -0.25) is 4.79 Å². The molecule has 1 atom stereocenters. The third-order valence-corrected chi connectivity index (χ3v) is 5.00. The number of carbonyl (C=O) groups is 1. The zero-order chi connectivity index (χ0) is 20.6. The molecule has 0 fully saturated rings. The number of H-pyrrole nitrogens is 1. The molecule has 3 heterocycles. The van der Waals surface area contributed by atoms with Gasteiger partial charge in [0.25, 0.3) is 5.91 Å². The number of halogens is 4. The number of benzene rings is 1. The summed E-state index contributed by atoms with van der Waals surface area (Å²) in [7, 11) is 0. The molecule has 1 unspecified atom stereocenters. The molecule has 152 valence electrons. The topological polar surface area (TPSA) is 75.6 Å². The van der Waals surface area contributed by atoms with Crippen molar-refractivity contribution in [3.8, 4) is 11.1 Å². The minimum absolute atomic E-state index is 0.0113. The van der Waals surface area contributed by atoms with Gasteiger partial charge in [-0.1, -0.05) is 12.1 Å². The van der Waals surface area contributed by atoms with Crippen LogP contribution >= 0.6 is 0 Å². The molecule has 2 aromatic heterocycles. The lowest BCUT2D eigenvalue weighted by molar-refractivity contribution is -0.182. The summed E-state index contributed by atoms with van der Waals surface area (Å²) in [6.07, 6.45) is -2.47. The first-order valence-electron chi connectivity index (χ1n) is 9.01. The number of nitrogens with zero attached hydrogens (tertiary/aromatic N) is 3. The Labute approximate surface area is 163 Å². The number of carbonyl (C=O) groups excluding carboxylic acids is 1. The Balaban J connectivity index is 1.42. The fourth-order valence-corrected chi connectivity index (χ4v) is 3.37. The number of alkyl halides is 3. The van der Waals surface area contributed by atoms with Crippen LogP contribution in [0.4, 0.5) is 17.6 Å². The first-order chi connectivity index (χ1) is 13.8. The first kappa shape index (κ1) is 19.2. The predicted octanol–water partition coefficient (Wildman–Crippen LogP) is 3.47. The van der Waals surface area contributed by atoms with Crippen LogP contribution < -0.4 is 5.32 Å². The Morgan fingerprint density at radius 3 is 2.69 bits per heavy atom. The molecule has 0 bridgehead atoms. The van der Waals surface area contributed by atoms with E-state index in [0.29, 0.717) is 11.4 Å². The van der Waals surface area contributed by atoms with E-state index in [1.807, 2.05) is 0 Å². The van der Waals surface area contributed by atoms with Crippen LogP contribution in [-0.2, 0) is 19.5 Å². The molecule has 3 aromatic rings. The van der Waals surface area contributed by atoms with E-state index in [1.165, 1.54) is 16.7 Å². The van der Waals surface area contributed by atoms with Crippen LogP contribution in [-0.4, -0.2) is 31.8 Å². The van der Waals surface area contributed by atoms with Gasteiger partial charge >= 0.3 is 6.18 Å². The molecule has 4 rings (SSSR count). The molecule has 0 saturated carbocycles. The van der Waals surface area contributed by atoms with Gasteiger partial charge in [-0.2, -0.15) is 13.2 Å². The molecule has 0 radical (unpaired) electrons. The van der Waals surface area contributed by atoms with Gasteiger partial charge in [0.2, 0.25) is 0 Å². The van der Waals surface area contributed by atoms with E-state index in [2.05, 4.69) is 20.5 Å². The highest BCUT2D eigenvalue weighted by Crippen LogP contribution is 2.34. The molecule has 1 aliphatic rings. The monoisotopic (exact) mass is 407 g/mol. The Kier molecular flexibility index (Phi) is 4.85. The molecule has 6 nitrogen and oxygen atoms in total. The van der Waals surface area contributed by atoms with Crippen LogP contribution in [0.1, 0.15) is 28.6 Å². The second-order valence-electron chi connectivity index (χ2n) is 6.91. The lowest BCUT2D eigenvalue weighted by Gasteiger charge is -2.26. The maximum absolute atomic E-state index is 13.0. The van der Waals surface area contributed by atoms with Crippen molar-refractivity contribution in [3.05, 3.63) is 59.7 Å². The van der Waals surface area contributed by atoms with Crippen LogP contribution in [0.5, 0.6) is 0 Å². The maximum Gasteiger partial charge on any atom is 0.393 e. The molecule has 2 N–H and O–H groups in total. The number of aryl methyl sites for hydroxylation is 1. The second kappa shape index (κ2) is 7.34. The van der Waals surface area contributed by atoms with Crippen molar-refractivity contribution in [2.24, 2.45) is 5.92 Å². The Hall–Kier alpha value is -3.17. The van der Waals surface area contributed by atoms with Gasteiger partial charge in [0.15, 0.2) is 5.82 Å². The number of aromatic amines is 1. The van der Waals surface area contributed by atoms with E-state index >= 15 is 0 Å². The number of rotatable bonds is 4. The number of aromatic nitrogens is 4. The van der Waals surface area contributed by atoms with Gasteiger partial charge in [0, 0.05) is 19.2 Å². The van der Waals surface area contributed by atoms with Crippen LogP contribution in [0.3, 0.4) is 0 Å². The van der Waals surface area contributed by atoms with Crippen molar-refractivity contribution < 1.29 is 22.4 Å². The molecule has 1 amide bonds. The summed E-state index contributed by atoms with van der Waals surface area (Å²) in [6, 6.07) is 7.45. The van der Waals surface area contributed by atoms with E-state index in [9.17, 15) is 22.4 Å².